The highest BCUT2D eigenvalue weighted by Crippen LogP contribution is 2.68. The van der Waals surface area contributed by atoms with Crippen LogP contribution in [0.3, 0.4) is 0 Å². The molecular weight excluding hydrogens is 500 g/mol. The van der Waals surface area contributed by atoms with E-state index in [1.165, 1.54) is 0 Å². The van der Waals surface area contributed by atoms with E-state index in [0.29, 0.717) is 47.7 Å². The molecule has 0 spiro atoms. The van der Waals surface area contributed by atoms with Crippen molar-refractivity contribution >= 4 is 16.7 Å². The van der Waals surface area contributed by atoms with Crippen LogP contribution >= 0.6 is 0 Å². The monoisotopic (exact) mass is 548 g/mol. The van der Waals surface area contributed by atoms with E-state index in [4.69, 9.17) is 9.47 Å². The third kappa shape index (κ3) is 4.51. The summed E-state index contributed by atoms with van der Waals surface area (Å²) in [5.41, 5.74) is -0.00934. The van der Waals surface area contributed by atoms with Crippen molar-refractivity contribution in [3.63, 3.8) is 0 Å². The molecule has 0 aliphatic heterocycles. The topological polar surface area (TPSA) is 76.0 Å². The molecule has 218 valence electrons. The minimum Gasteiger partial charge on any atom is -0.426 e. The Morgan fingerprint density at radius 1 is 1.00 bits per heavy atom. The smallest absolute Gasteiger partial charge is 0.311 e. The zero-order valence-electron chi connectivity index (χ0n) is 24.7. The number of hydrogen-bond acceptors (Lipinski definition) is 5. The van der Waals surface area contributed by atoms with E-state index in [2.05, 4.69) is 20.8 Å². The summed E-state index contributed by atoms with van der Waals surface area (Å²) in [4.78, 5) is 13.0. The molecule has 0 saturated heterocycles. The molecule has 11 atom stereocenters. The van der Waals surface area contributed by atoms with E-state index in [0.717, 1.165) is 62.1 Å². The summed E-state index contributed by atoms with van der Waals surface area (Å²) in [5.74, 6) is 2.90. The van der Waals surface area contributed by atoms with Crippen LogP contribution in [0, 0.1) is 46.3 Å². The third-order valence-corrected chi connectivity index (χ3v) is 12.6. The fourth-order valence-corrected chi connectivity index (χ4v) is 10.4. The number of carbonyl (C=O) groups is 1. The highest BCUT2D eigenvalue weighted by atomic mass is 16.5. The highest BCUT2D eigenvalue weighted by molar-refractivity contribution is 5.90. The van der Waals surface area contributed by atoms with E-state index in [1.807, 2.05) is 49.6 Å². The molecule has 0 amide bonds. The zero-order valence-corrected chi connectivity index (χ0v) is 24.7. The Morgan fingerprint density at radius 2 is 1.77 bits per heavy atom. The molecule has 0 radical (unpaired) electrons. The van der Waals surface area contributed by atoms with Gasteiger partial charge in [0.15, 0.2) is 0 Å². The first-order chi connectivity index (χ1) is 19.2. The van der Waals surface area contributed by atoms with Gasteiger partial charge in [0.1, 0.15) is 5.75 Å². The molecule has 2 N–H and O–H groups in total. The SMILES string of the molecule is CO[C@@H]1C[C@@H]2C[C@H](O)CC[C@]2(C)[C@H]2C[C@H](O)[C@]3(C)[C@@H]([C@H](C)CCC(=O)Oc4cccc5ccccc45)CC[C@H]3[C@H]12. The predicted octanol–water partition coefficient (Wildman–Crippen LogP) is 6.78. The number of esters is 1. The summed E-state index contributed by atoms with van der Waals surface area (Å²) in [6.07, 6.45) is 7.64. The fraction of sp³-hybridized carbons (Fsp3) is 0.686. The third-order valence-electron chi connectivity index (χ3n) is 12.6. The summed E-state index contributed by atoms with van der Waals surface area (Å²) < 4.78 is 12.1. The average molecular weight is 549 g/mol. The van der Waals surface area contributed by atoms with Gasteiger partial charge in [0.2, 0.25) is 0 Å². The molecule has 2 aromatic carbocycles. The second kappa shape index (κ2) is 10.7. The van der Waals surface area contributed by atoms with Crippen molar-refractivity contribution in [1.29, 1.82) is 0 Å². The van der Waals surface area contributed by atoms with Crippen molar-refractivity contribution in [2.24, 2.45) is 46.3 Å². The van der Waals surface area contributed by atoms with Gasteiger partial charge in [-0.25, -0.2) is 0 Å². The van der Waals surface area contributed by atoms with Crippen LogP contribution in [-0.4, -0.2) is 41.6 Å². The summed E-state index contributed by atoms with van der Waals surface area (Å²) in [6, 6.07) is 13.8. The van der Waals surface area contributed by atoms with Gasteiger partial charge in [-0.3, -0.25) is 4.79 Å². The van der Waals surface area contributed by atoms with Gasteiger partial charge in [-0.1, -0.05) is 57.2 Å². The largest absolute Gasteiger partial charge is 0.426 e. The number of fused-ring (bicyclic) bond motifs is 6. The highest BCUT2D eigenvalue weighted by Gasteiger charge is 2.66. The first kappa shape index (κ1) is 28.2. The van der Waals surface area contributed by atoms with Crippen LogP contribution in [0.25, 0.3) is 10.8 Å². The van der Waals surface area contributed by atoms with Crippen LogP contribution in [-0.2, 0) is 9.53 Å². The maximum Gasteiger partial charge on any atom is 0.311 e. The number of aliphatic hydroxyl groups excluding tert-OH is 2. The summed E-state index contributed by atoms with van der Waals surface area (Å²) in [6.45, 7) is 7.06. The van der Waals surface area contributed by atoms with Gasteiger partial charge in [0.25, 0.3) is 0 Å². The Hall–Kier alpha value is -1.95. The molecule has 40 heavy (non-hydrogen) atoms. The Labute approximate surface area is 239 Å². The average Bonchev–Trinajstić information content (AvgIpc) is 3.31. The Morgan fingerprint density at radius 3 is 2.58 bits per heavy atom. The van der Waals surface area contributed by atoms with Crippen LogP contribution in [0.2, 0.25) is 0 Å². The van der Waals surface area contributed by atoms with Crippen molar-refractivity contribution in [1.82, 2.24) is 0 Å². The summed E-state index contributed by atoms with van der Waals surface area (Å²) >= 11 is 0. The standard InChI is InChI=1S/C35H48O5/c1-21(12-15-32(38)40-29-11-7-9-22-8-5-6-10-25(22)29)26-13-14-27-33-28(20-31(37)35(26,27)3)34(2)17-16-24(36)18-23(34)19-30(33)39-4/h5-11,21,23-24,26-28,30-31,33,36-37H,12-20H2,1-4H3/t21-,23+,24-,26-,27+,28+,30-,31+,33+,34+,35-/m1/s1. The summed E-state index contributed by atoms with van der Waals surface area (Å²) in [7, 11) is 1.86. The van der Waals surface area contributed by atoms with E-state index >= 15 is 0 Å². The molecule has 0 aromatic heterocycles. The van der Waals surface area contributed by atoms with Crippen LogP contribution < -0.4 is 4.74 Å². The molecule has 4 saturated carbocycles. The lowest BCUT2D eigenvalue weighted by Crippen LogP contribution is -2.62. The number of hydrogen-bond donors (Lipinski definition) is 2. The number of methoxy groups -OCH3 is 1. The first-order valence-electron chi connectivity index (χ1n) is 15.7. The van der Waals surface area contributed by atoms with Crippen molar-refractivity contribution in [3.8, 4) is 5.75 Å². The lowest BCUT2D eigenvalue weighted by molar-refractivity contribution is -0.212. The molecular formula is C35H48O5. The normalized spacial score (nSPS) is 41.5. The number of rotatable bonds is 6. The lowest BCUT2D eigenvalue weighted by Gasteiger charge is -2.64. The second-order valence-electron chi connectivity index (χ2n) is 14.2. The van der Waals surface area contributed by atoms with Crippen LogP contribution in [0.1, 0.15) is 78.6 Å². The molecule has 4 aliphatic carbocycles. The van der Waals surface area contributed by atoms with Crippen molar-refractivity contribution < 1.29 is 24.5 Å². The number of ether oxygens (including phenoxy) is 2. The first-order valence-corrected chi connectivity index (χ1v) is 15.7. The van der Waals surface area contributed by atoms with Crippen LogP contribution in [0.4, 0.5) is 0 Å². The molecule has 6 rings (SSSR count). The maximum atomic E-state index is 13.0. The van der Waals surface area contributed by atoms with E-state index in [1.54, 1.807) is 0 Å². The quantitative estimate of drug-likeness (QED) is 0.308. The lowest BCUT2D eigenvalue weighted by atomic mass is 9.43. The molecule has 5 heteroatoms. The Balaban J connectivity index is 1.16. The molecule has 4 aliphatic rings. The minimum absolute atomic E-state index is 0.163. The number of aliphatic hydroxyl groups is 2. The van der Waals surface area contributed by atoms with Gasteiger partial charge in [-0.05, 0) is 109 Å². The van der Waals surface area contributed by atoms with Gasteiger partial charge in [-0.15, -0.1) is 0 Å². The maximum absolute atomic E-state index is 13.0. The Bertz CT molecular complexity index is 1220. The van der Waals surface area contributed by atoms with Gasteiger partial charge >= 0.3 is 5.97 Å². The molecule has 2 aromatic rings. The van der Waals surface area contributed by atoms with Crippen LogP contribution in [0.5, 0.6) is 5.75 Å². The van der Waals surface area contributed by atoms with Gasteiger partial charge in [0.05, 0.1) is 18.3 Å². The van der Waals surface area contributed by atoms with Crippen molar-refractivity contribution in [2.45, 2.75) is 96.9 Å². The van der Waals surface area contributed by atoms with Crippen molar-refractivity contribution in [2.75, 3.05) is 7.11 Å². The fourth-order valence-electron chi connectivity index (χ4n) is 10.4. The zero-order chi connectivity index (χ0) is 28.2. The number of carbonyl (C=O) groups excluding carboxylic acids is 1. The van der Waals surface area contributed by atoms with E-state index in [-0.39, 0.29) is 35.1 Å². The van der Waals surface area contributed by atoms with E-state index < -0.39 is 0 Å². The van der Waals surface area contributed by atoms with Gasteiger partial charge in [-0.2, -0.15) is 0 Å². The second-order valence-corrected chi connectivity index (χ2v) is 14.2. The van der Waals surface area contributed by atoms with Crippen LogP contribution in [0.15, 0.2) is 42.5 Å². The number of benzene rings is 2. The van der Waals surface area contributed by atoms with Gasteiger partial charge < -0.3 is 19.7 Å². The summed E-state index contributed by atoms with van der Waals surface area (Å²) in [5, 5.41) is 24.4. The molecule has 0 unspecified atom stereocenters. The predicted molar refractivity (Wildman–Crippen MR) is 157 cm³/mol. The molecule has 0 bridgehead atoms. The molecule has 5 nitrogen and oxygen atoms in total. The molecule has 4 fully saturated rings. The van der Waals surface area contributed by atoms with E-state index in [9.17, 15) is 15.0 Å². The van der Waals surface area contributed by atoms with Gasteiger partial charge in [0, 0.05) is 18.9 Å². The minimum atomic E-state index is -0.351. The molecule has 0 heterocycles. The van der Waals surface area contributed by atoms with Crippen molar-refractivity contribution in [3.05, 3.63) is 42.5 Å². The Kier molecular flexibility index (Phi) is 7.55.